The number of pyridine rings is 1. The van der Waals surface area contributed by atoms with Crippen LogP contribution in [0.5, 0.6) is 0 Å². The number of hydrogen-bond acceptors (Lipinski definition) is 3. The Morgan fingerprint density at radius 2 is 2.03 bits per heavy atom. The summed E-state index contributed by atoms with van der Waals surface area (Å²) in [5.41, 5.74) is 1.04. The van der Waals surface area contributed by atoms with E-state index in [0.29, 0.717) is 5.39 Å². The number of nitrogens with zero attached hydrogens (tertiary/aromatic N) is 1. The molecule has 5 nitrogen and oxygen atoms in total. The van der Waals surface area contributed by atoms with E-state index in [-0.39, 0.29) is 29.0 Å². The molecule has 1 aliphatic heterocycles. The van der Waals surface area contributed by atoms with Gasteiger partial charge in [0, 0.05) is 27.7 Å². The molecule has 1 aliphatic carbocycles. The van der Waals surface area contributed by atoms with Gasteiger partial charge in [0.05, 0.1) is 11.6 Å². The van der Waals surface area contributed by atoms with Crippen molar-refractivity contribution in [3.8, 4) is 0 Å². The Kier molecular flexibility index (Phi) is 5.04. The number of ether oxygens (including phenoxy) is 1. The molecule has 2 fully saturated rings. The second-order valence-electron chi connectivity index (χ2n) is 9.80. The van der Waals surface area contributed by atoms with Crippen LogP contribution in [0.3, 0.4) is 0 Å². The number of aromatic nitrogens is 1. The van der Waals surface area contributed by atoms with Crippen molar-refractivity contribution in [2.75, 3.05) is 0 Å². The van der Waals surface area contributed by atoms with Crippen LogP contribution in [0.25, 0.3) is 10.9 Å². The van der Waals surface area contributed by atoms with E-state index >= 15 is 0 Å². The molecule has 2 aromatic rings. The van der Waals surface area contributed by atoms with Crippen molar-refractivity contribution in [3.05, 3.63) is 44.7 Å². The van der Waals surface area contributed by atoms with Gasteiger partial charge in [-0.2, -0.15) is 0 Å². The third-order valence-corrected chi connectivity index (χ3v) is 6.88. The van der Waals surface area contributed by atoms with Gasteiger partial charge in [0.2, 0.25) is 0 Å². The number of amides is 1. The van der Waals surface area contributed by atoms with Crippen LogP contribution < -0.4 is 5.43 Å². The molecule has 3 atom stereocenters. The minimum Gasteiger partial charge on any atom is -0.444 e. The van der Waals surface area contributed by atoms with Gasteiger partial charge in [-0.05, 0) is 63.6 Å². The first-order valence-electron chi connectivity index (χ1n) is 10.4. The average molecular weight is 461 g/mol. The Morgan fingerprint density at radius 1 is 1.28 bits per heavy atom. The fourth-order valence-corrected chi connectivity index (χ4v) is 5.47. The van der Waals surface area contributed by atoms with Crippen molar-refractivity contribution in [3.63, 3.8) is 0 Å². The van der Waals surface area contributed by atoms with Gasteiger partial charge in [-0.1, -0.05) is 35.7 Å². The smallest absolute Gasteiger partial charge is 0.411 e. The van der Waals surface area contributed by atoms with Crippen LogP contribution in [0.4, 0.5) is 4.79 Å². The molecular weight excluding hydrogens is 432 g/mol. The highest BCUT2D eigenvalue weighted by Crippen LogP contribution is 2.54. The fraction of sp³-hybridized carbons (Fsp3) is 0.565. The SMILES string of the molecule is CC(C)(C)OC(=O)N1C(c2cc(=O)c3ccc(Br)cc3[nH]2)CC2(C)CCCCC12. The zero-order valence-corrected chi connectivity index (χ0v) is 19.1. The molecule has 2 heterocycles. The van der Waals surface area contributed by atoms with Crippen LogP contribution in [0.15, 0.2) is 33.5 Å². The molecule has 1 amide bonds. The van der Waals surface area contributed by atoms with Crippen molar-refractivity contribution in [1.82, 2.24) is 9.88 Å². The summed E-state index contributed by atoms with van der Waals surface area (Å²) in [6.45, 7) is 7.96. The molecule has 4 rings (SSSR count). The van der Waals surface area contributed by atoms with Gasteiger partial charge in [-0.3, -0.25) is 9.69 Å². The van der Waals surface area contributed by atoms with Gasteiger partial charge in [0.25, 0.3) is 0 Å². The predicted octanol–water partition coefficient (Wildman–Crippen LogP) is 5.92. The number of aromatic amines is 1. The number of hydrogen-bond donors (Lipinski definition) is 1. The highest BCUT2D eigenvalue weighted by atomic mass is 79.9. The minimum absolute atomic E-state index is 0.0228. The summed E-state index contributed by atoms with van der Waals surface area (Å²) < 4.78 is 6.70. The first kappa shape index (κ1) is 20.5. The second kappa shape index (κ2) is 7.15. The summed E-state index contributed by atoms with van der Waals surface area (Å²) in [7, 11) is 0. The second-order valence-corrected chi connectivity index (χ2v) is 10.7. The van der Waals surface area contributed by atoms with E-state index in [4.69, 9.17) is 4.74 Å². The van der Waals surface area contributed by atoms with Crippen LogP contribution in [0.1, 0.15) is 71.5 Å². The largest absolute Gasteiger partial charge is 0.444 e. The number of H-pyrrole nitrogens is 1. The first-order chi connectivity index (χ1) is 13.6. The normalized spacial score (nSPS) is 27.1. The van der Waals surface area contributed by atoms with Crippen molar-refractivity contribution < 1.29 is 9.53 Å². The maximum absolute atomic E-state index is 13.2. The van der Waals surface area contributed by atoms with Gasteiger partial charge in [0.15, 0.2) is 5.43 Å². The van der Waals surface area contributed by atoms with Gasteiger partial charge >= 0.3 is 6.09 Å². The summed E-state index contributed by atoms with van der Waals surface area (Å²) in [4.78, 5) is 31.4. The highest BCUT2D eigenvalue weighted by molar-refractivity contribution is 9.10. The molecule has 1 saturated heterocycles. The maximum Gasteiger partial charge on any atom is 0.411 e. The average Bonchev–Trinajstić information content (AvgIpc) is 2.93. The third-order valence-electron chi connectivity index (χ3n) is 6.39. The molecule has 156 valence electrons. The third kappa shape index (κ3) is 3.83. The zero-order valence-electron chi connectivity index (χ0n) is 17.5. The maximum atomic E-state index is 13.2. The molecule has 29 heavy (non-hydrogen) atoms. The van der Waals surface area contributed by atoms with Crippen molar-refractivity contribution in [2.45, 2.75) is 77.5 Å². The Bertz CT molecular complexity index is 1010. The molecule has 6 heteroatoms. The van der Waals surface area contributed by atoms with E-state index in [2.05, 4.69) is 27.8 Å². The lowest BCUT2D eigenvalue weighted by molar-refractivity contribution is 0.00459. The lowest BCUT2D eigenvalue weighted by atomic mass is 9.71. The van der Waals surface area contributed by atoms with E-state index < -0.39 is 5.60 Å². The lowest BCUT2D eigenvalue weighted by Gasteiger charge is -2.39. The van der Waals surface area contributed by atoms with Crippen LogP contribution in [0.2, 0.25) is 0 Å². The Balaban J connectivity index is 1.80. The van der Waals surface area contributed by atoms with E-state index in [0.717, 1.165) is 41.4 Å². The van der Waals surface area contributed by atoms with Crippen LogP contribution in [0, 0.1) is 5.41 Å². The van der Waals surface area contributed by atoms with E-state index in [1.54, 1.807) is 6.07 Å². The quantitative estimate of drug-likeness (QED) is 0.573. The molecule has 0 bridgehead atoms. The van der Waals surface area contributed by atoms with Crippen molar-refractivity contribution >= 4 is 32.9 Å². The zero-order chi connectivity index (χ0) is 21.0. The van der Waals surface area contributed by atoms with Crippen LogP contribution >= 0.6 is 15.9 Å². The number of likely N-dealkylation sites (tertiary alicyclic amines) is 1. The number of benzene rings is 1. The van der Waals surface area contributed by atoms with Gasteiger partial charge in [-0.15, -0.1) is 0 Å². The van der Waals surface area contributed by atoms with Gasteiger partial charge in [-0.25, -0.2) is 4.79 Å². The van der Waals surface area contributed by atoms with Crippen LogP contribution in [-0.4, -0.2) is 27.6 Å². The highest BCUT2D eigenvalue weighted by Gasteiger charge is 2.53. The summed E-state index contributed by atoms with van der Waals surface area (Å²) in [6, 6.07) is 7.23. The molecule has 3 unspecified atom stereocenters. The number of halogens is 1. The predicted molar refractivity (Wildman–Crippen MR) is 118 cm³/mol. The molecule has 1 aromatic heterocycles. The topological polar surface area (TPSA) is 62.4 Å². The molecule has 2 aliphatic rings. The Morgan fingerprint density at radius 3 is 2.76 bits per heavy atom. The number of fused-ring (bicyclic) bond motifs is 2. The summed E-state index contributed by atoms with van der Waals surface area (Å²) in [6.07, 6.45) is 4.93. The molecule has 1 saturated carbocycles. The first-order valence-corrected chi connectivity index (χ1v) is 11.2. The monoisotopic (exact) mass is 460 g/mol. The number of nitrogens with one attached hydrogen (secondary N) is 1. The molecule has 0 radical (unpaired) electrons. The summed E-state index contributed by atoms with van der Waals surface area (Å²) in [5.74, 6) is 0. The summed E-state index contributed by atoms with van der Waals surface area (Å²) in [5, 5.41) is 0.655. The lowest BCUT2D eigenvalue weighted by Crippen LogP contribution is -2.46. The van der Waals surface area contributed by atoms with Crippen molar-refractivity contribution in [2.24, 2.45) is 5.41 Å². The molecule has 1 N–H and O–H groups in total. The minimum atomic E-state index is -0.559. The van der Waals surface area contributed by atoms with E-state index in [1.165, 1.54) is 6.42 Å². The number of carbonyl (C=O) groups excluding carboxylic acids is 1. The van der Waals surface area contributed by atoms with Gasteiger partial charge < -0.3 is 9.72 Å². The van der Waals surface area contributed by atoms with Crippen LogP contribution in [-0.2, 0) is 4.74 Å². The number of rotatable bonds is 1. The standard InChI is InChI=1S/C23H29BrN2O3/c1-22(2,3)29-21(28)26-18(13-23(4)10-6-5-7-20(23)26)17-12-19(27)15-9-8-14(24)11-16(15)25-17/h8-9,11-12,18,20H,5-7,10,13H2,1-4H3,(H,25,27). The Labute approximate surface area is 179 Å². The van der Waals surface area contributed by atoms with Crippen molar-refractivity contribution in [1.29, 1.82) is 0 Å². The Hall–Kier alpha value is -1.82. The molecule has 0 spiro atoms. The van der Waals surface area contributed by atoms with Gasteiger partial charge in [0.1, 0.15) is 5.60 Å². The summed E-state index contributed by atoms with van der Waals surface area (Å²) >= 11 is 3.48. The molecule has 1 aromatic carbocycles. The fourth-order valence-electron chi connectivity index (χ4n) is 5.11. The van der Waals surface area contributed by atoms with E-state index in [9.17, 15) is 9.59 Å². The number of carbonyl (C=O) groups is 1. The molecular formula is C23H29BrN2O3. The van der Waals surface area contributed by atoms with E-state index in [1.807, 2.05) is 43.9 Å².